The van der Waals surface area contributed by atoms with E-state index in [9.17, 15) is 9.90 Å². The third kappa shape index (κ3) is 5.32. The molecule has 1 aliphatic carbocycles. The lowest BCUT2D eigenvalue weighted by atomic mass is 9.97. The highest BCUT2D eigenvalue weighted by Gasteiger charge is 2.42. The van der Waals surface area contributed by atoms with E-state index in [-0.39, 0.29) is 30.8 Å². The Hall–Kier alpha value is -2.77. The number of carbonyl (C=O) groups excluding carboxylic acids is 1. The van der Waals surface area contributed by atoms with Gasteiger partial charge in [0.1, 0.15) is 0 Å². The van der Waals surface area contributed by atoms with Gasteiger partial charge in [-0.3, -0.25) is 9.69 Å². The molecule has 0 spiro atoms. The van der Waals surface area contributed by atoms with Gasteiger partial charge in [-0.05, 0) is 56.2 Å². The predicted molar refractivity (Wildman–Crippen MR) is 140 cm³/mol. The molecule has 7 nitrogen and oxygen atoms in total. The van der Waals surface area contributed by atoms with Crippen molar-refractivity contribution in [3.05, 3.63) is 54.1 Å². The lowest BCUT2D eigenvalue weighted by molar-refractivity contribution is -0.124. The van der Waals surface area contributed by atoms with Gasteiger partial charge in [-0.2, -0.15) is 0 Å². The van der Waals surface area contributed by atoms with Gasteiger partial charge in [-0.25, -0.2) is 0 Å². The molecule has 36 heavy (non-hydrogen) atoms. The zero-order valence-corrected chi connectivity index (χ0v) is 21.3. The van der Waals surface area contributed by atoms with Gasteiger partial charge in [0.05, 0.1) is 19.4 Å². The van der Waals surface area contributed by atoms with Crippen molar-refractivity contribution < 1.29 is 19.4 Å². The van der Waals surface area contributed by atoms with Gasteiger partial charge in [-0.1, -0.05) is 30.3 Å². The minimum absolute atomic E-state index is 0.0551. The summed E-state index contributed by atoms with van der Waals surface area (Å²) in [4.78, 5) is 18.7. The number of methoxy groups -OCH3 is 1. The van der Waals surface area contributed by atoms with E-state index in [1.807, 2.05) is 17.0 Å². The SMILES string of the molecule is COc1ccc(N2CCN(C3[C@@H](CO)CCN3C=O)[C@@H](Cc3ccccc3)C2)cc1OC1CCCC1. The number of ether oxygens (including phenoxy) is 2. The number of carbonyl (C=O) groups is 1. The molecule has 0 bridgehead atoms. The van der Waals surface area contributed by atoms with Crippen LogP contribution in [0.2, 0.25) is 0 Å². The summed E-state index contributed by atoms with van der Waals surface area (Å²) < 4.78 is 12.0. The van der Waals surface area contributed by atoms with Crippen LogP contribution in [0.1, 0.15) is 37.7 Å². The first-order valence-corrected chi connectivity index (χ1v) is 13.4. The van der Waals surface area contributed by atoms with E-state index in [1.54, 1.807) is 7.11 Å². The van der Waals surface area contributed by atoms with Gasteiger partial charge in [-0.15, -0.1) is 0 Å². The van der Waals surface area contributed by atoms with Gasteiger partial charge >= 0.3 is 0 Å². The number of amides is 1. The van der Waals surface area contributed by atoms with E-state index in [4.69, 9.17) is 9.47 Å². The van der Waals surface area contributed by atoms with Crippen LogP contribution in [-0.2, 0) is 11.2 Å². The lowest BCUT2D eigenvalue weighted by Crippen LogP contribution is -2.61. The molecule has 5 rings (SSSR count). The molecule has 2 aromatic rings. The van der Waals surface area contributed by atoms with E-state index in [2.05, 4.69) is 46.2 Å². The highest BCUT2D eigenvalue weighted by atomic mass is 16.5. The molecule has 3 atom stereocenters. The number of hydrogen-bond acceptors (Lipinski definition) is 6. The Morgan fingerprint density at radius 3 is 2.53 bits per heavy atom. The van der Waals surface area contributed by atoms with Gasteiger partial charge in [0.15, 0.2) is 11.5 Å². The van der Waals surface area contributed by atoms with Gasteiger partial charge in [0, 0.05) is 56.5 Å². The Labute approximate surface area is 214 Å². The monoisotopic (exact) mass is 493 g/mol. The molecular formula is C29H39N3O4. The molecule has 7 heteroatoms. The average Bonchev–Trinajstić information content (AvgIpc) is 3.59. The summed E-state index contributed by atoms with van der Waals surface area (Å²) in [7, 11) is 1.70. The number of anilines is 1. The van der Waals surface area contributed by atoms with Crippen LogP contribution in [0.4, 0.5) is 5.69 Å². The van der Waals surface area contributed by atoms with Crippen LogP contribution in [0.5, 0.6) is 11.5 Å². The number of aliphatic hydroxyl groups is 1. The van der Waals surface area contributed by atoms with Crippen LogP contribution in [0.15, 0.2) is 48.5 Å². The van der Waals surface area contributed by atoms with Crippen molar-refractivity contribution in [1.82, 2.24) is 9.80 Å². The zero-order chi connectivity index (χ0) is 24.9. The molecule has 0 aromatic heterocycles. The summed E-state index contributed by atoms with van der Waals surface area (Å²) in [5.74, 6) is 1.70. The lowest BCUT2D eigenvalue weighted by Gasteiger charge is -2.48. The molecule has 1 amide bonds. The van der Waals surface area contributed by atoms with Crippen LogP contribution >= 0.6 is 0 Å². The number of rotatable bonds is 9. The molecular weight excluding hydrogens is 454 g/mol. The number of aliphatic hydroxyl groups excluding tert-OH is 1. The zero-order valence-electron chi connectivity index (χ0n) is 21.3. The van der Waals surface area contributed by atoms with E-state index in [1.165, 1.54) is 18.4 Å². The van der Waals surface area contributed by atoms with Crippen LogP contribution < -0.4 is 14.4 Å². The fourth-order valence-corrected chi connectivity index (χ4v) is 6.29. The predicted octanol–water partition coefficient (Wildman–Crippen LogP) is 3.55. The second-order valence-electron chi connectivity index (χ2n) is 10.4. The fraction of sp³-hybridized carbons (Fsp3) is 0.552. The fourth-order valence-electron chi connectivity index (χ4n) is 6.29. The van der Waals surface area contributed by atoms with Crippen molar-refractivity contribution in [2.24, 2.45) is 5.92 Å². The maximum atomic E-state index is 11.9. The maximum absolute atomic E-state index is 11.9. The average molecular weight is 494 g/mol. The Balaban J connectivity index is 1.39. The number of benzene rings is 2. The van der Waals surface area contributed by atoms with E-state index in [0.29, 0.717) is 6.54 Å². The number of hydrogen-bond donors (Lipinski definition) is 1. The van der Waals surface area contributed by atoms with Crippen molar-refractivity contribution in [3.63, 3.8) is 0 Å². The Kier molecular flexibility index (Phi) is 7.97. The third-order valence-electron chi connectivity index (χ3n) is 8.18. The Morgan fingerprint density at radius 2 is 1.81 bits per heavy atom. The molecule has 194 valence electrons. The van der Waals surface area contributed by atoms with Crippen molar-refractivity contribution in [2.45, 2.75) is 56.8 Å². The summed E-state index contributed by atoms with van der Waals surface area (Å²) >= 11 is 0. The first kappa shape index (κ1) is 24.9. The molecule has 2 aromatic carbocycles. The first-order chi connectivity index (χ1) is 17.7. The number of likely N-dealkylation sites (tertiary alicyclic amines) is 1. The Morgan fingerprint density at radius 1 is 1.00 bits per heavy atom. The third-order valence-corrected chi connectivity index (χ3v) is 8.18. The van der Waals surface area contributed by atoms with E-state index < -0.39 is 0 Å². The Bertz CT molecular complexity index is 997. The first-order valence-electron chi connectivity index (χ1n) is 13.4. The second kappa shape index (κ2) is 11.5. The standard InChI is InChI=1S/C29H39N3O4/c1-35-27-12-11-24(18-28(27)36-26-9-5-6-10-26)30-15-16-32(29-23(20-33)13-14-31(29)21-34)25(19-30)17-22-7-3-2-4-8-22/h2-4,7-8,11-12,18,21,23,25-26,29,33H,5-6,9-10,13-17,19-20H2,1H3/t23-,25+,29?/m1/s1. The molecule has 3 fully saturated rings. The van der Waals surface area contributed by atoms with Crippen molar-refractivity contribution in [1.29, 1.82) is 0 Å². The molecule has 0 radical (unpaired) electrons. The largest absolute Gasteiger partial charge is 0.493 e. The normalized spacial score (nSPS) is 25.3. The maximum Gasteiger partial charge on any atom is 0.210 e. The summed E-state index contributed by atoms with van der Waals surface area (Å²) in [6, 6.07) is 17.1. The van der Waals surface area contributed by atoms with Crippen molar-refractivity contribution in [2.75, 3.05) is 44.8 Å². The van der Waals surface area contributed by atoms with Crippen LogP contribution in [-0.4, -0.2) is 79.5 Å². The molecule has 2 aliphatic heterocycles. The van der Waals surface area contributed by atoms with Crippen LogP contribution in [0.25, 0.3) is 0 Å². The van der Waals surface area contributed by atoms with E-state index in [0.717, 1.165) is 68.9 Å². The molecule has 2 saturated heterocycles. The molecule has 3 aliphatic rings. The smallest absolute Gasteiger partial charge is 0.210 e. The molecule has 1 unspecified atom stereocenters. The topological polar surface area (TPSA) is 65.5 Å². The van der Waals surface area contributed by atoms with Gasteiger partial charge < -0.3 is 24.4 Å². The van der Waals surface area contributed by atoms with Crippen molar-refractivity contribution in [3.8, 4) is 11.5 Å². The van der Waals surface area contributed by atoms with Crippen LogP contribution in [0, 0.1) is 5.92 Å². The van der Waals surface area contributed by atoms with Gasteiger partial charge in [0.2, 0.25) is 6.41 Å². The molecule has 2 heterocycles. The van der Waals surface area contributed by atoms with Crippen LogP contribution in [0.3, 0.4) is 0 Å². The highest BCUT2D eigenvalue weighted by Crippen LogP contribution is 2.37. The van der Waals surface area contributed by atoms with Gasteiger partial charge in [0.25, 0.3) is 0 Å². The summed E-state index contributed by atoms with van der Waals surface area (Å²) in [6.45, 7) is 3.33. The summed E-state index contributed by atoms with van der Waals surface area (Å²) in [5, 5.41) is 10.1. The quantitative estimate of drug-likeness (QED) is 0.539. The summed E-state index contributed by atoms with van der Waals surface area (Å²) in [5.41, 5.74) is 2.42. The minimum atomic E-state index is -0.0551. The minimum Gasteiger partial charge on any atom is -0.493 e. The molecule has 1 saturated carbocycles. The molecule has 1 N–H and O–H groups in total. The summed E-state index contributed by atoms with van der Waals surface area (Å²) in [6.07, 6.45) is 7.57. The number of piperazine rings is 1. The van der Waals surface area contributed by atoms with E-state index >= 15 is 0 Å². The second-order valence-corrected chi connectivity index (χ2v) is 10.4. The van der Waals surface area contributed by atoms with Crippen molar-refractivity contribution >= 4 is 12.1 Å². The number of nitrogens with zero attached hydrogens (tertiary/aromatic N) is 3. The highest BCUT2D eigenvalue weighted by molar-refractivity contribution is 5.57.